The standard InChI is InChI=1S/C24H30N2O2/c1-25-13-10-24(18-25)11-14-26(15-12-24)16-19-6-8-20(9-7-19)23-17-27-21-4-2-3-5-22(21)28-23/h2-9,23H,10-18H2,1H3/t23-/m1/s1. The van der Waals surface area contributed by atoms with Crippen molar-refractivity contribution in [2.24, 2.45) is 5.41 Å². The average molecular weight is 379 g/mol. The third kappa shape index (κ3) is 3.63. The minimum atomic E-state index is -0.0295. The molecule has 4 nitrogen and oxygen atoms in total. The molecule has 3 aliphatic heterocycles. The quantitative estimate of drug-likeness (QED) is 0.802. The lowest BCUT2D eigenvalue weighted by molar-refractivity contribution is 0.0912. The van der Waals surface area contributed by atoms with Crippen molar-refractivity contribution in [1.29, 1.82) is 0 Å². The Bertz CT molecular complexity index is 812. The number of rotatable bonds is 3. The Morgan fingerprint density at radius 3 is 2.36 bits per heavy atom. The molecular formula is C24H30N2O2. The van der Waals surface area contributed by atoms with Crippen molar-refractivity contribution in [1.82, 2.24) is 9.80 Å². The number of nitrogens with zero attached hydrogens (tertiary/aromatic N) is 2. The number of likely N-dealkylation sites (tertiary alicyclic amines) is 2. The van der Waals surface area contributed by atoms with Gasteiger partial charge in [0, 0.05) is 13.1 Å². The predicted molar refractivity (Wildman–Crippen MR) is 111 cm³/mol. The molecule has 0 aliphatic carbocycles. The number of fused-ring (bicyclic) bond motifs is 1. The molecule has 0 bridgehead atoms. The number of para-hydroxylation sites is 2. The molecule has 28 heavy (non-hydrogen) atoms. The van der Waals surface area contributed by atoms with Crippen molar-refractivity contribution in [3.63, 3.8) is 0 Å². The largest absolute Gasteiger partial charge is 0.485 e. The summed E-state index contributed by atoms with van der Waals surface area (Å²) in [5, 5.41) is 0. The van der Waals surface area contributed by atoms with Gasteiger partial charge in [-0.3, -0.25) is 4.90 Å². The van der Waals surface area contributed by atoms with E-state index in [0.717, 1.165) is 18.0 Å². The maximum Gasteiger partial charge on any atom is 0.162 e. The van der Waals surface area contributed by atoms with Gasteiger partial charge in [-0.2, -0.15) is 0 Å². The van der Waals surface area contributed by atoms with Gasteiger partial charge in [-0.15, -0.1) is 0 Å². The van der Waals surface area contributed by atoms with E-state index in [-0.39, 0.29) is 6.10 Å². The van der Waals surface area contributed by atoms with Crippen molar-refractivity contribution in [2.75, 3.05) is 39.8 Å². The summed E-state index contributed by atoms with van der Waals surface area (Å²) < 4.78 is 12.0. The lowest BCUT2D eigenvalue weighted by Gasteiger charge is -2.39. The summed E-state index contributed by atoms with van der Waals surface area (Å²) in [5.74, 6) is 1.68. The van der Waals surface area contributed by atoms with Crippen molar-refractivity contribution in [2.45, 2.75) is 31.9 Å². The van der Waals surface area contributed by atoms with Crippen molar-refractivity contribution >= 4 is 0 Å². The summed E-state index contributed by atoms with van der Waals surface area (Å²) >= 11 is 0. The van der Waals surface area contributed by atoms with E-state index in [9.17, 15) is 0 Å². The predicted octanol–water partition coefficient (Wildman–Crippen LogP) is 4.12. The first kappa shape index (κ1) is 18.0. The van der Waals surface area contributed by atoms with E-state index in [1.807, 2.05) is 24.3 Å². The Labute approximate surface area is 168 Å². The Balaban J connectivity index is 1.18. The molecule has 3 aliphatic rings. The van der Waals surface area contributed by atoms with E-state index in [1.165, 1.54) is 56.6 Å². The second kappa shape index (κ2) is 7.41. The van der Waals surface area contributed by atoms with Crippen LogP contribution in [0.2, 0.25) is 0 Å². The smallest absolute Gasteiger partial charge is 0.162 e. The second-order valence-corrected chi connectivity index (χ2v) is 8.87. The van der Waals surface area contributed by atoms with Crippen LogP contribution in [0, 0.1) is 5.41 Å². The van der Waals surface area contributed by atoms with Gasteiger partial charge in [0.15, 0.2) is 17.6 Å². The van der Waals surface area contributed by atoms with Gasteiger partial charge < -0.3 is 14.4 Å². The van der Waals surface area contributed by atoms with Crippen LogP contribution >= 0.6 is 0 Å². The van der Waals surface area contributed by atoms with Gasteiger partial charge in [0.05, 0.1) is 0 Å². The zero-order valence-corrected chi connectivity index (χ0v) is 16.8. The summed E-state index contributed by atoms with van der Waals surface area (Å²) in [5.41, 5.74) is 3.18. The van der Waals surface area contributed by atoms with Gasteiger partial charge in [-0.1, -0.05) is 36.4 Å². The van der Waals surface area contributed by atoms with Gasteiger partial charge in [-0.05, 0) is 74.6 Å². The molecule has 0 radical (unpaired) electrons. The van der Waals surface area contributed by atoms with Crippen LogP contribution in [0.15, 0.2) is 48.5 Å². The Morgan fingerprint density at radius 2 is 1.64 bits per heavy atom. The summed E-state index contributed by atoms with van der Waals surface area (Å²) in [7, 11) is 2.27. The van der Waals surface area contributed by atoms with Crippen LogP contribution in [-0.2, 0) is 6.54 Å². The Kier molecular flexibility index (Phi) is 4.77. The molecule has 2 saturated heterocycles. The van der Waals surface area contributed by atoms with Gasteiger partial charge in [0.2, 0.25) is 0 Å². The van der Waals surface area contributed by atoms with E-state index in [4.69, 9.17) is 9.47 Å². The van der Waals surface area contributed by atoms with Crippen molar-refractivity contribution in [3.8, 4) is 11.5 Å². The highest BCUT2D eigenvalue weighted by Crippen LogP contribution is 2.40. The van der Waals surface area contributed by atoms with Crippen LogP contribution in [0.4, 0.5) is 0 Å². The first-order valence-electron chi connectivity index (χ1n) is 10.6. The highest BCUT2D eigenvalue weighted by Gasteiger charge is 2.39. The number of piperidine rings is 1. The molecule has 4 heteroatoms. The minimum absolute atomic E-state index is 0.0295. The average Bonchev–Trinajstić information content (AvgIpc) is 3.10. The van der Waals surface area contributed by atoms with Crippen LogP contribution in [-0.4, -0.2) is 49.6 Å². The number of ether oxygens (including phenoxy) is 2. The molecular weight excluding hydrogens is 348 g/mol. The number of hydrogen-bond donors (Lipinski definition) is 0. The van der Waals surface area contributed by atoms with Crippen LogP contribution in [0.1, 0.15) is 36.5 Å². The number of benzene rings is 2. The minimum Gasteiger partial charge on any atom is -0.485 e. The van der Waals surface area contributed by atoms with E-state index < -0.39 is 0 Å². The molecule has 1 atom stereocenters. The molecule has 2 aromatic rings. The molecule has 2 aromatic carbocycles. The van der Waals surface area contributed by atoms with Gasteiger partial charge in [-0.25, -0.2) is 0 Å². The highest BCUT2D eigenvalue weighted by atomic mass is 16.6. The molecule has 1 spiro atoms. The van der Waals surface area contributed by atoms with E-state index in [1.54, 1.807) is 0 Å². The summed E-state index contributed by atoms with van der Waals surface area (Å²) in [6.45, 7) is 6.65. The SMILES string of the molecule is CN1CCC2(CCN(Cc3ccc([C@H]4COc5ccccc5O4)cc3)CC2)C1. The van der Waals surface area contributed by atoms with E-state index in [2.05, 4.69) is 41.1 Å². The van der Waals surface area contributed by atoms with Crippen LogP contribution in [0.5, 0.6) is 11.5 Å². The van der Waals surface area contributed by atoms with Gasteiger partial charge in [0.25, 0.3) is 0 Å². The Morgan fingerprint density at radius 1 is 0.929 bits per heavy atom. The van der Waals surface area contributed by atoms with Crippen molar-refractivity contribution in [3.05, 3.63) is 59.7 Å². The summed E-state index contributed by atoms with van der Waals surface area (Å²) in [6, 6.07) is 16.8. The lowest BCUT2D eigenvalue weighted by Crippen LogP contribution is -2.40. The zero-order valence-electron chi connectivity index (χ0n) is 16.8. The summed E-state index contributed by atoms with van der Waals surface area (Å²) in [4.78, 5) is 5.12. The highest BCUT2D eigenvalue weighted by molar-refractivity contribution is 5.41. The molecule has 2 fully saturated rings. The normalized spacial score (nSPS) is 24.5. The first-order chi connectivity index (χ1) is 13.7. The second-order valence-electron chi connectivity index (χ2n) is 8.87. The Hall–Kier alpha value is -2.04. The molecule has 0 N–H and O–H groups in total. The molecule has 3 heterocycles. The maximum atomic E-state index is 6.13. The molecule has 0 saturated carbocycles. The van der Waals surface area contributed by atoms with Crippen LogP contribution < -0.4 is 9.47 Å². The van der Waals surface area contributed by atoms with Crippen LogP contribution in [0.3, 0.4) is 0 Å². The van der Waals surface area contributed by atoms with Crippen molar-refractivity contribution < 1.29 is 9.47 Å². The van der Waals surface area contributed by atoms with Crippen LogP contribution in [0.25, 0.3) is 0 Å². The molecule has 0 aromatic heterocycles. The molecule has 0 amide bonds. The summed E-state index contributed by atoms with van der Waals surface area (Å²) in [6.07, 6.45) is 4.06. The van der Waals surface area contributed by atoms with E-state index in [0.29, 0.717) is 12.0 Å². The zero-order chi connectivity index (χ0) is 19.0. The van der Waals surface area contributed by atoms with Gasteiger partial charge >= 0.3 is 0 Å². The monoisotopic (exact) mass is 378 g/mol. The fraction of sp³-hybridized carbons (Fsp3) is 0.500. The molecule has 148 valence electrons. The first-order valence-corrected chi connectivity index (χ1v) is 10.6. The lowest BCUT2D eigenvalue weighted by atomic mass is 9.78. The topological polar surface area (TPSA) is 24.9 Å². The fourth-order valence-electron chi connectivity index (χ4n) is 5.03. The maximum absolute atomic E-state index is 6.13. The number of hydrogen-bond acceptors (Lipinski definition) is 4. The fourth-order valence-corrected chi connectivity index (χ4v) is 5.03. The third-order valence-electron chi connectivity index (χ3n) is 6.81. The molecule has 0 unspecified atom stereocenters. The van der Waals surface area contributed by atoms with E-state index >= 15 is 0 Å². The third-order valence-corrected chi connectivity index (χ3v) is 6.81. The van der Waals surface area contributed by atoms with Gasteiger partial charge in [0.1, 0.15) is 6.61 Å². The molecule has 5 rings (SSSR count).